The summed E-state index contributed by atoms with van der Waals surface area (Å²) in [4.78, 5) is 14.1. The molecule has 0 aliphatic heterocycles. The third-order valence-electron chi connectivity index (χ3n) is 3.75. The maximum atomic E-state index is 12.3. The van der Waals surface area contributed by atoms with E-state index in [2.05, 4.69) is 5.32 Å². The minimum atomic E-state index is -3.62. The monoisotopic (exact) mass is 411 g/mol. The highest BCUT2D eigenvalue weighted by Crippen LogP contribution is 2.19. The Morgan fingerprint density at radius 1 is 1.15 bits per heavy atom. The first kappa shape index (κ1) is 21.4. The number of benzene rings is 1. The molecule has 2 rings (SSSR count). The van der Waals surface area contributed by atoms with Gasteiger partial charge in [0.25, 0.3) is 10.0 Å². The number of carbonyl (C=O) groups is 1. The summed E-state index contributed by atoms with van der Waals surface area (Å²) in [6.07, 6.45) is 0. The van der Waals surface area contributed by atoms with Crippen molar-refractivity contribution < 1.29 is 17.9 Å². The molecule has 1 aromatic heterocycles. The van der Waals surface area contributed by atoms with Gasteiger partial charge in [-0.15, -0.1) is 11.3 Å². The van der Waals surface area contributed by atoms with E-state index in [0.29, 0.717) is 13.2 Å². The molecule has 0 saturated carbocycles. The second-order valence-corrected chi connectivity index (χ2v) is 9.49. The largest absolute Gasteiger partial charge is 0.492 e. The molecule has 1 N–H and O–H groups in total. The molecule has 7 nitrogen and oxygen atoms in total. The fourth-order valence-corrected chi connectivity index (χ4v) is 4.49. The van der Waals surface area contributed by atoms with E-state index < -0.39 is 10.0 Å². The standard InChI is InChI=1S/C18H25N3O4S2/c1-20(2)10-11-25-16-8-6-15(7-9-16)13-19-17(22)14-21(3)27(23,24)18-5-4-12-26-18/h4-9,12H,10-11,13-14H2,1-3H3,(H,19,22). The lowest BCUT2D eigenvalue weighted by molar-refractivity contribution is -0.121. The van der Waals surface area contributed by atoms with Crippen molar-refractivity contribution >= 4 is 27.3 Å². The molecule has 1 aromatic carbocycles. The molecule has 0 fully saturated rings. The molecule has 0 atom stereocenters. The average molecular weight is 412 g/mol. The summed E-state index contributed by atoms with van der Waals surface area (Å²) in [6, 6.07) is 10.6. The van der Waals surface area contributed by atoms with E-state index in [9.17, 15) is 13.2 Å². The minimum absolute atomic E-state index is 0.225. The van der Waals surface area contributed by atoms with Crippen LogP contribution in [0, 0.1) is 0 Å². The summed E-state index contributed by atoms with van der Waals surface area (Å²) in [5, 5.41) is 4.42. The molecule has 148 valence electrons. The number of carbonyl (C=O) groups excluding carboxylic acids is 1. The Morgan fingerprint density at radius 3 is 2.44 bits per heavy atom. The molecule has 0 unspecified atom stereocenters. The van der Waals surface area contributed by atoms with Crippen molar-refractivity contribution in [2.24, 2.45) is 0 Å². The lowest BCUT2D eigenvalue weighted by atomic mass is 10.2. The number of amides is 1. The molecule has 0 bridgehead atoms. The number of sulfonamides is 1. The van der Waals surface area contributed by atoms with E-state index in [1.807, 2.05) is 43.3 Å². The third kappa shape index (κ3) is 6.62. The van der Waals surface area contributed by atoms with Crippen molar-refractivity contribution in [3.63, 3.8) is 0 Å². The van der Waals surface area contributed by atoms with Crippen molar-refractivity contribution in [1.82, 2.24) is 14.5 Å². The van der Waals surface area contributed by atoms with Crippen molar-refractivity contribution in [3.8, 4) is 5.75 Å². The van der Waals surface area contributed by atoms with Crippen LogP contribution < -0.4 is 10.1 Å². The summed E-state index contributed by atoms with van der Waals surface area (Å²) >= 11 is 1.13. The third-order valence-corrected chi connectivity index (χ3v) is 6.92. The Labute approximate surface area is 164 Å². The second kappa shape index (κ2) is 9.84. The first-order chi connectivity index (χ1) is 12.8. The van der Waals surface area contributed by atoms with E-state index in [-0.39, 0.29) is 16.7 Å². The SMILES string of the molecule is CN(C)CCOc1ccc(CNC(=O)CN(C)S(=O)(=O)c2cccs2)cc1. The van der Waals surface area contributed by atoms with E-state index >= 15 is 0 Å². The zero-order valence-corrected chi connectivity index (χ0v) is 17.3. The Hall–Kier alpha value is -1.94. The Balaban J connectivity index is 1.80. The summed E-state index contributed by atoms with van der Waals surface area (Å²) in [5.41, 5.74) is 0.909. The van der Waals surface area contributed by atoms with Crippen LogP contribution in [0.3, 0.4) is 0 Å². The number of likely N-dealkylation sites (N-methyl/N-ethyl adjacent to an activating group) is 2. The van der Waals surface area contributed by atoms with Crippen LogP contribution in [0.15, 0.2) is 46.0 Å². The average Bonchev–Trinajstić information content (AvgIpc) is 3.16. The number of nitrogens with zero attached hydrogens (tertiary/aromatic N) is 2. The highest BCUT2D eigenvalue weighted by atomic mass is 32.2. The Bertz CT molecular complexity index is 819. The molecule has 9 heteroatoms. The normalized spacial score (nSPS) is 11.7. The first-order valence-corrected chi connectivity index (χ1v) is 10.7. The van der Waals surface area contributed by atoms with Crippen LogP contribution in [-0.4, -0.2) is 64.4 Å². The number of hydrogen-bond donors (Lipinski definition) is 1. The number of thiophene rings is 1. The van der Waals surface area contributed by atoms with Gasteiger partial charge in [-0.1, -0.05) is 18.2 Å². The number of ether oxygens (including phenoxy) is 1. The molecule has 27 heavy (non-hydrogen) atoms. The van der Waals surface area contributed by atoms with Gasteiger partial charge in [0.1, 0.15) is 16.6 Å². The Morgan fingerprint density at radius 2 is 1.85 bits per heavy atom. The molecule has 0 radical (unpaired) electrons. The summed E-state index contributed by atoms with van der Waals surface area (Å²) in [7, 11) is 1.74. The number of rotatable bonds is 10. The molecule has 0 aliphatic carbocycles. The summed E-state index contributed by atoms with van der Waals surface area (Å²) < 4.78 is 31.5. The van der Waals surface area contributed by atoms with Crippen LogP contribution in [0.4, 0.5) is 0 Å². The molecular weight excluding hydrogens is 386 g/mol. The van der Waals surface area contributed by atoms with Crippen LogP contribution in [0.25, 0.3) is 0 Å². The van der Waals surface area contributed by atoms with E-state index in [1.54, 1.807) is 11.4 Å². The first-order valence-electron chi connectivity index (χ1n) is 8.42. The van der Waals surface area contributed by atoms with Gasteiger partial charge in [0.15, 0.2) is 0 Å². The molecule has 1 heterocycles. The zero-order chi connectivity index (χ0) is 19.9. The van der Waals surface area contributed by atoms with Crippen LogP contribution in [0.2, 0.25) is 0 Å². The Kier molecular flexibility index (Phi) is 7.78. The second-order valence-electron chi connectivity index (χ2n) is 6.27. The summed E-state index contributed by atoms with van der Waals surface area (Å²) in [6.45, 7) is 1.53. The lowest BCUT2D eigenvalue weighted by Crippen LogP contribution is -2.37. The fraction of sp³-hybridized carbons (Fsp3) is 0.389. The molecule has 0 spiro atoms. The lowest BCUT2D eigenvalue weighted by Gasteiger charge is -2.16. The molecule has 1 amide bonds. The topological polar surface area (TPSA) is 79.0 Å². The van der Waals surface area contributed by atoms with Crippen molar-refractivity contribution in [2.45, 2.75) is 10.8 Å². The predicted molar refractivity (Wildman–Crippen MR) is 106 cm³/mol. The smallest absolute Gasteiger partial charge is 0.252 e. The van der Waals surface area contributed by atoms with Crippen LogP contribution >= 0.6 is 11.3 Å². The zero-order valence-electron chi connectivity index (χ0n) is 15.7. The fourth-order valence-electron chi connectivity index (χ4n) is 2.16. The van der Waals surface area contributed by atoms with Gasteiger partial charge in [0.05, 0.1) is 6.54 Å². The van der Waals surface area contributed by atoms with E-state index in [4.69, 9.17) is 4.74 Å². The van der Waals surface area contributed by atoms with Gasteiger partial charge in [-0.25, -0.2) is 8.42 Å². The molecule has 2 aromatic rings. The van der Waals surface area contributed by atoms with E-state index in [1.165, 1.54) is 13.1 Å². The highest BCUT2D eigenvalue weighted by molar-refractivity contribution is 7.91. The van der Waals surface area contributed by atoms with Gasteiger partial charge in [-0.3, -0.25) is 4.79 Å². The quantitative estimate of drug-likeness (QED) is 0.643. The number of hydrogen-bond acceptors (Lipinski definition) is 6. The van der Waals surface area contributed by atoms with Crippen LogP contribution in [0.1, 0.15) is 5.56 Å². The molecule has 0 saturated heterocycles. The molecule has 0 aliphatic rings. The van der Waals surface area contributed by atoms with Gasteiger partial charge in [-0.05, 0) is 43.2 Å². The van der Waals surface area contributed by atoms with Gasteiger partial charge in [-0.2, -0.15) is 4.31 Å². The van der Waals surface area contributed by atoms with Crippen LogP contribution in [-0.2, 0) is 21.4 Å². The predicted octanol–water partition coefficient (Wildman–Crippen LogP) is 1.63. The van der Waals surface area contributed by atoms with Gasteiger partial charge in [0.2, 0.25) is 5.91 Å². The maximum Gasteiger partial charge on any atom is 0.252 e. The van der Waals surface area contributed by atoms with Crippen LogP contribution in [0.5, 0.6) is 5.75 Å². The van der Waals surface area contributed by atoms with Gasteiger partial charge >= 0.3 is 0 Å². The van der Waals surface area contributed by atoms with Crippen molar-refractivity contribution in [1.29, 1.82) is 0 Å². The minimum Gasteiger partial charge on any atom is -0.492 e. The van der Waals surface area contributed by atoms with Gasteiger partial charge < -0.3 is 15.0 Å². The number of nitrogens with one attached hydrogen (secondary N) is 1. The highest BCUT2D eigenvalue weighted by Gasteiger charge is 2.23. The van der Waals surface area contributed by atoms with Gasteiger partial charge in [0, 0.05) is 20.1 Å². The summed E-state index contributed by atoms with van der Waals surface area (Å²) in [5.74, 6) is 0.414. The maximum absolute atomic E-state index is 12.3. The van der Waals surface area contributed by atoms with Crippen molar-refractivity contribution in [2.75, 3.05) is 40.8 Å². The van der Waals surface area contributed by atoms with E-state index in [0.717, 1.165) is 33.5 Å². The van der Waals surface area contributed by atoms with Crippen molar-refractivity contribution in [3.05, 3.63) is 47.3 Å². The molecular formula is C18H25N3O4S2.